The number of ether oxygens (including phenoxy) is 1. The van der Waals surface area contributed by atoms with Gasteiger partial charge in [0.1, 0.15) is 11.5 Å². The van der Waals surface area contributed by atoms with E-state index in [0.29, 0.717) is 0 Å². The van der Waals surface area contributed by atoms with Gasteiger partial charge in [-0.2, -0.15) is 0 Å². The molecule has 0 unspecified atom stereocenters. The molecule has 2 nitrogen and oxygen atoms in total. The lowest BCUT2D eigenvalue weighted by Gasteiger charge is -2.17. The monoisotopic (exact) mass is 281 g/mol. The third-order valence-corrected chi connectivity index (χ3v) is 4.09. The van der Waals surface area contributed by atoms with E-state index in [-0.39, 0.29) is 0 Å². The van der Waals surface area contributed by atoms with Crippen LogP contribution in [0.2, 0.25) is 0 Å². The van der Waals surface area contributed by atoms with Gasteiger partial charge in [0.15, 0.2) is 0 Å². The highest BCUT2D eigenvalue weighted by Gasteiger charge is 2.11. The van der Waals surface area contributed by atoms with Crippen LogP contribution in [0.3, 0.4) is 0 Å². The summed E-state index contributed by atoms with van der Waals surface area (Å²) in [6.07, 6.45) is 5.02. The smallest absolute Gasteiger partial charge is 0.131 e. The molecule has 110 valence electrons. The zero-order valence-electron chi connectivity index (χ0n) is 12.7. The SMILES string of the molecule is CCNCc1ccccc1Oc1ccc2c(c1)CCCC2. The van der Waals surface area contributed by atoms with E-state index in [0.717, 1.165) is 24.6 Å². The fraction of sp³-hybridized carbons (Fsp3) is 0.368. The van der Waals surface area contributed by atoms with E-state index >= 15 is 0 Å². The van der Waals surface area contributed by atoms with Crippen molar-refractivity contribution in [2.24, 2.45) is 0 Å². The zero-order valence-corrected chi connectivity index (χ0v) is 12.7. The van der Waals surface area contributed by atoms with E-state index in [1.807, 2.05) is 12.1 Å². The van der Waals surface area contributed by atoms with E-state index in [2.05, 4.69) is 42.6 Å². The summed E-state index contributed by atoms with van der Waals surface area (Å²) in [5.74, 6) is 1.91. The van der Waals surface area contributed by atoms with Crippen molar-refractivity contribution in [3.63, 3.8) is 0 Å². The highest BCUT2D eigenvalue weighted by Crippen LogP contribution is 2.29. The van der Waals surface area contributed by atoms with Crippen molar-refractivity contribution in [1.82, 2.24) is 5.32 Å². The molecular formula is C19H23NO. The van der Waals surface area contributed by atoms with Crippen molar-refractivity contribution in [2.75, 3.05) is 6.54 Å². The molecule has 1 aliphatic carbocycles. The van der Waals surface area contributed by atoms with Crippen LogP contribution in [0, 0.1) is 0 Å². The minimum absolute atomic E-state index is 0.845. The van der Waals surface area contributed by atoms with Crippen molar-refractivity contribution in [3.8, 4) is 11.5 Å². The predicted octanol–water partition coefficient (Wildman–Crippen LogP) is 4.47. The fourth-order valence-electron chi connectivity index (χ4n) is 2.91. The summed E-state index contributed by atoms with van der Waals surface area (Å²) >= 11 is 0. The Balaban J connectivity index is 1.80. The molecule has 2 aromatic carbocycles. The average Bonchev–Trinajstić information content (AvgIpc) is 2.54. The summed E-state index contributed by atoms with van der Waals surface area (Å²) in [6, 6.07) is 14.8. The number of rotatable bonds is 5. The highest BCUT2D eigenvalue weighted by molar-refractivity contribution is 5.42. The van der Waals surface area contributed by atoms with Crippen molar-refractivity contribution in [1.29, 1.82) is 0 Å². The minimum atomic E-state index is 0.845. The van der Waals surface area contributed by atoms with Gasteiger partial charge < -0.3 is 10.1 Å². The van der Waals surface area contributed by atoms with Gasteiger partial charge in [0.25, 0.3) is 0 Å². The van der Waals surface area contributed by atoms with Crippen molar-refractivity contribution in [3.05, 3.63) is 59.2 Å². The zero-order chi connectivity index (χ0) is 14.5. The van der Waals surface area contributed by atoms with Gasteiger partial charge in [-0.05, 0) is 61.6 Å². The van der Waals surface area contributed by atoms with E-state index < -0.39 is 0 Å². The first kappa shape index (κ1) is 14.2. The largest absolute Gasteiger partial charge is 0.457 e. The second kappa shape index (κ2) is 6.77. The first-order valence-electron chi connectivity index (χ1n) is 7.95. The molecule has 0 aliphatic heterocycles. The standard InChI is InChI=1S/C19H23NO/c1-2-20-14-17-9-5-6-10-19(17)21-18-12-11-15-7-3-4-8-16(15)13-18/h5-6,9-13,20H,2-4,7-8,14H2,1H3. The Hall–Kier alpha value is -1.80. The van der Waals surface area contributed by atoms with Crippen LogP contribution in [-0.2, 0) is 19.4 Å². The minimum Gasteiger partial charge on any atom is -0.457 e. The fourth-order valence-corrected chi connectivity index (χ4v) is 2.91. The van der Waals surface area contributed by atoms with Gasteiger partial charge in [0.05, 0.1) is 0 Å². The van der Waals surface area contributed by atoms with Crippen LogP contribution < -0.4 is 10.1 Å². The first-order valence-corrected chi connectivity index (χ1v) is 7.95. The molecule has 2 aromatic rings. The highest BCUT2D eigenvalue weighted by atomic mass is 16.5. The Morgan fingerprint density at radius 2 is 1.81 bits per heavy atom. The van der Waals surface area contributed by atoms with Crippen molar-refractivity contribution < 1.29 is 4.74 Å². The molecule has 2 heteroatoms. The Kier molecular flexibility index (Phi) is 4.56. The first-order chi connectivity index (χ1) is 10.4. The molecule has 0 fully saturated rings. The summed E-state index contributed by atoms with van der Waals surface area (Å²) < 4.78 is 6.13. The summed E-state index contributed by atoms with van der Waals surface area (Å²) in [4.78, 5) is 0. The summed E-state index contributed by atoms with van der Waals surface area (Å²) in [5, 5.41) is 3.36. The average molecular weight is 281 g/mol. The summed E-state index contributed by atoms with van der Waals surface area (Å²) in [6.45, 7) is 3.93. The van der Waals surface area contributed by atoms with Crippen LogP contribution in [0.25, 0.3) is 0 Å². The number of benzene rings is 2. The summed E-state index contributed by atoms with van der Waals surface area (Å²) in [7, 11) is 0. The Morgan fingerprint density at radius 1 is 1.00 bits per heavy atom. The van der Waals surface area contributed by atoms with Crippen molar-refractivity contribution >= 4 is 0 Å². The molecule has 0 heterocycles. The molecule has 0 amide bonds. The van der Waals surface area contributed by atoms with Crippen LogP contribution in [-0.4, -0.2) is 6.54 Å². The number of hydrogen-bond acceptors (Lipinski definition) is 2. The third-order valence-electron chi connectivity index (χ3n) is 4.09. The van der Waals surface area contributed by atoms with Gasteiger partial charge in [-0.25, -0.2) is 0 Å². The maximum Gasteiger partial charge on any atom is 0.131 e. The third kappa shape index (κ3) is 3.45. The molecule has 0 radical (unpaired) electrons. The quantitative estimate of drug-likeness (QED) is 0.873. The van der Waals surface area contributed by atoms with Gasteiger partial charge in [-0.1, -0.05) is 31.2 Å². The van der Waals surface area contributed by atoms with Crippen LogP contribution >= 0.6 is 0 Å². The molecule has 0 saturated carbocycles. The number of aryl methyl sites for hydroxylation is 2. The van der Waals surface area contributed by atoms with Gasteiger partial charge in [0.2, 0.25) is 0 Å². The van der Waals surface area contributed by atoms with Gasteiger partial charge in [0, 0.05) is 12.1 Å². The molecule has 0 aromatic heterocycles. The number of fused-ring (bicyclic) bond motifs is 1. The lowest BCUT2D eigenvalue weighted by atomic mass is 9.92. The topological polar surface area (TPSA) is 21.3 Å². The molecule has 0 saturated heterocycles. The number of hydrogen-bond donors (Lipinski definition) is 1. The van der Waals surface area contributed by atoms with E-state index in [1.54, 1.807) is 0 Å². The Labute approximate surface area is 127 Å². The van der Waals surface area contributed by atoms with Gasteiger partial charge >= 0.3 is 0 Å². The molecule has 0 spiro atoms. The molecule has 0 bridgehead atoms. The second-order valence-electron chi connectivity index (χ2n) is 5.63. The van der Waals surface area contributed by atoms with E-state index in [4.69, 9.17) is 4.74 Å². The maximum absolute atomic E-state index is 6.13. The lowest BCUT2D eigenvalue weighted by Crippen LogP contribution is -2.12. The Bertz CT molecular complexity index is 606. The maximum atomic E-state index is 6.13. The van der Waals surface area contributed by atoms with Crippen LogP contribution in [0.4, 0.5) is 0 Å². The molecule has 3 rings (SSSR count). The normalized spacial score (nSPS) is 13.8. The molecule has 1 aliphatic rings. The van der Waals surface area contributed by atoms with Crippen LogP contribution in [0.15, 0.2) is 42.5 Å². The molecule has 1 N–H and O–H groups in total. The summed E-state index contributed by atoms with van der Waals surface area (Å²) in [5.41, 5.74) is 4.16. The van der Waals surface area contributed by atoms with E-state index in [9.17, 15) is 0 Å². The van der Waals surface area contributed by atoms with Crippen LogP contribution in [0.1, 0.15) is 36.5 Å². The second-order valence-corrected chi connectivity index (χ2v) is 5.63. The van der Waals surface area contributed by atoms with Gasteiger partial charge in [-0.3, -0.25) is 0 Å². The van der Waals surface area contributed by atoms with Crippen molar-refractivity contribution in [2.45, 2.75) is 39.2 Å². The molecule has 0 atom stereocenters. The molecule has 21 heavy (non-hydrogen) atoms. The number of para-hydroxylation sites is 1. The van der Waals surface area contributed by atoms with E-state index in [1.165, 1.54) is 42.4 Å². The predicted molar refractivity (Wildman–Crippen MR) is 87.0 cm³/mol. The molecular weight excluding hydrogens is 258 g/mol. The Morgan fingerprint density at radius 3 is 2.67 bits per heavy atom. The van der Waals surface area contributed by atoms with Crippen LogP contribution in [0.5, 0.6) is 11.5 Å². The number of nitrogens with one attached hydrogen (secondary N) is 1. The lowest BCUT2D eigenvalue weighted by molar-refractivity contribution is 0.471. The van der Waals surface area contributed by atoms with Gasteiger partial charge in [-0.15, -0.1) is 0 Å².